The number of rotatable bonds is 5. The first-order valence-electron chi connectivity index (χ1n) is 8.94. The van der Waals surface area contributed by atoms with E-state index in [1.165, 1.54) is 19.4 Å². The Balaban J connectivity index is 1.68. The molecule has 0 spiro atoms. The van der Waals surface area contributed by atoms with Crippen molar-refractivity contribution in [3.05, 3.63) is 23.8 Å². The smallest absolute Gasteiger partial charge is 0.339 e. The summed E-state index contributed by atoms with van der Waals surface area (Å²) in [4.78, 5) is 13.8. The molecule has 0 aromatic heterocycles. The van der Waals surface area contributed by atoms with Crippen molar-refractivity contribution < 1.29 is 19.4 Å². The topological polar surface area (TPSA) is 59.0 Å². The van der Waals surface area contributed by atoms with Crippen molar-refractivity contribution in [2.24, 2.45) is 5.92 Å². The molecule has 0 saturated carbocycles. The first kappa shape index (κ1) is 17.1. The zero-order chi connectivity index (χ0) is 17.2. The van der Waals surface area contributed by atoms with Gasteiger partial charge in [0, 0.05) is 5.92 Å². The van der Waals surface area contributed by atoms with Gasteiger partial charge in [-0.2, -0.15) is 0 Å². The number of piperidine rings is 1. The maximum absolute atomic E-state index is 11.3. The lowest BCUT2D eigenvalue weighted by molar-refractivity contribution is -0.0581. The molecule has 24 heavy (non-hydrogen) atoms. The standard InChI is InChI=1S/C19H27NO4/c1-3-4-10-20-11-8-14(9-12-20)19(2)13-23-17-15(18(21)22)6-5-7-16(17)24-19/h5-7,14H,3-4,8-13H2,1-2H3,(H,21,22). The molecule has 0 aliphatic carbocycles. The lowest BCUT2D eigenvalue weighted by Crippen LogP contribution is -2.52. The monoisotopic (exact) mass is 333 g/mol. The number of carboxylic acids is 1. The van der Waals surface area contributed by atoms with E-state index in [1.807, 2.05) is 0 Å². The number of hydrogen-bond acceptors (Lipinski definition) is 4. The lowest BCUT2D eigenvalue weighted by atomic mass is 9.81. The molecule has 3 rings (SSSR count). The van der Waals surface area contributed by atoms with Crippen molar-refractivity contribution >= 4 is 5.97 Å². The third kappa shape index (κ3) is 3.36. The van der Waals surface area contributed by atoms with Crippen LogP contribution in [0.5, 0.6) is 11.5 Å². The van der Waals surface area contributed by atoms with E-state index in [4.69, 9.17) is 9.47 Å². The first-order chi connectivity index (χ1) is 11.5. The molecule has 2 aliphatic rings. The predicted octanol–water partition coefficient (Wildman–Crippen LogP) is 3.43. The van der Waals surface area contributed by atoms with Gasteiger partial charge in [0.15, 0.2) is 11.5 Å². The zero-order valence-corrected chi connectivity index (χ0v) is 14.6. The number of unbranched alkanes of at least 4 members (excludes halogenated alkanes) is 1. The predicted molar refractivity (Wildman–Crippen MR) is 92.0 cm³/mol. The number of para-hydroxylation sites is 1. The van der Waals surface area contributed by atoms with Gasteiger partial charge in [0.05, 0.1) is 0 Å². The molecular weight excluding hydrogens is 306 g/mol. The lowest BCUT2D eigenvalue weighted by Gasteiger charge is -2.44. The number of fused-ring (bicyclic) bond motifs is 1. The summed E-state index contributed by atoms with van der Waals surface area (Å²) < 4.78 is 12.1. The molecule has 5 heteroatoms. The van der Waals surface area contributed by atoms with E-state index in [9.17, 15) is 9.90 Å². The van der Waals surface area contributed by atoms with E-state index in [0.717, 1.165) is 25.9 Å². The van der Waals surface area contributed by atoms with Gasteiger partial charge in [-0.1, -0.05) is 19.4 Å². The molecule has 1 saturated heterocycles. The van der Waals surface area contributed by atoms with Crippen LogP contribution in [0.1, 0.15) is 49.9 Å². The molecule has 1 atom stereocenters. The second kappa shape index (κ2) is 7.01. The van der Waals surface area contributed by atoms with E-state index in [0.29, 0.717) is 24.0 Å². The third-order valence-corrected chi connectivity index (χ3v) is 5.33. The number of carbonyl (C=O) groups is 1. The second-order valence-electron chi connectivity index (χ2n) is 7.11. The summed E-state index contributed by atoms with van der Waals surface area (Å²) >= 11 is 0. The molecule has 2 aliphatic heterocycles. The van der Waals surface area contributed by atoms with Gasteiger partial charge in [0.2, 0.25) is 0 Å². The summed E-state index contributed by atoms with van der Waals surface area (Å²) in [7, 11) is 0. The van der Waals surface area contributed by atoms with Gasteiger partial charge >= 0.3 is 5.97 Å². The Morgan fingerprint density at radius 3 is 2.79 bits per heavy atom. The van der Waals surface area contributed by atoms with Crippen LogP contribution in [-0.2, 0) is 0 Å². The van der Waals surface area contributed by atoms with Crippen molar-refractivity contribution in [1.82, 2.24) is 4.90 Å². The van der Waals surface area contributed by atoms with Gasteiger partial charge in [-0.3, -0.25) is 0 Å². The first-order valence-corrected chi connectivity index (χ1v) is 8.94. The number of benzene rings is 1. The fourth-order valence-corrected chi connectivity index (χ4v) is 3.76. The van der Waals surface area contributed by atoms with E-state index < -0.39 is 5.97 Å². The van der Waals surface area contributed by atoms with Gasteiger partial charge < -0.3 is 19.5 Å². The minimum Gasteiger partial charge on any atom is -0.485 e. The minimum absolute atomic E-state index is 0.170. The largest absolute Gasteiger partial charge is 0.485 e. The van der Waals surface area contributed by atoms with Gasteiger partial charge in [-0.25, -0.2) is 4.79 Å². The zero-order valence-electron chi connectivity index (χ0n) is 14.6. The van der Waals surface area contributed by atoms with Crippen molar-refractivity contribution in [3.8, 4) is 11.5 Å². The average molecular weight is 333 g/mol. The fourth-order valence-electron chi connectivity index (χ4n) is 3.76. The van der Waals surface area contributed by atoms with E-state index >= 15 is 0 Å². The molecule has 1 fully saturated rings. The van der Waals surface area contributed by atoms with Crippen molar-refractivity contribution in [3.63, 3.8) is 0 Å². The quantitative estimate of drug-likeness (QED) is 0.894. The SMILES string of the molecule is CCCCN1CCC(C2(C)COc3c(cccc3C(=O)O)O2)CC1. The van der Waals surface area contributed by atoms with Crippen LogP contribution in [0, 0.1) is 5.92 Å². The van der Waals surface area contributed by atoms with Crippen molar-refractivity contribution in [1.29, 1.82) is 0 Å². The van der Waals surface area contributed by atoms with Gasteiger partial charge in [0.25, 0.3) is 0 Å². The van der Waals surface area contributed by atoms with Crippen LogP contribution in [0.4, 0.5) is 0 Å². The summed E-state index contributed by atoms with van der Waals surface area (Å²) in [5.41, 5.74) is -0.218. The Morgan fingerprint density at radius 1 is 1.38 bits per heavy atom. The molecule has 0 amide bonds. The Kier molecular flexibility index (Phi) is 4.99. The molecule has 132 valence electrons. The molecule has 1 unspecified atom stereocenters. The summed E-state index contributed by atoms with van der Waals surface area (Å²) in [6.45, 7) is 8.11. The van der Waals surface area contributed by atoms with Crippen LogP contribution in [0.3, 0.4) is 0 Å². The average Bonchev–Trinajstić information content (AvgIpc) is 2.59. The molecule has 5 nitrogen and oxygen atoms in total. The summed E-state index contributed by atoms with van der Waals surface area (Å²) in [6.07, 6.45) is 4.68. The van der Waals surface area contributed by atoms with Crippen molar-refractivity contribution in [2.75, 3.05) is 26.2 Å². The van der Waals surface area contributed by atoms with Crippen LogP contribution in [0.15, 0.2) is 18.2 Å². The van der Waals surface area contributed by atoms with E-state index in [2.05, 4.69) is 18.7 Å². The highest BCUT2D eigenvalue weighted by molar-refractivity contribution is 5.92. The molecule has 1 N–H and O–H groups in total. The third-order valence-electron chi connectivity index (χ3n) is 5.33. The second-order valence-corrected chi connectivity index (χ2v) is 7.11. The Morgan fingerprint density at radius 2 is 2.12 bits per heavy atom. The number of aromatic carboxylic acids is 1. The number of nitrogens with zero attached hydrogens (tertiary/aromatic N) is 1. The molecule has 0 radical (unpaired) electrons. The maximum atomic E-state index is 11.3. The van der Waals surface area contributed by atoms with E-state index in [-0.39, 0.29) is 11.2 Å². The highest BCUT2D eigenvalue weighted by atomic mass is 16.6. The van der Waals surface area contributed by atoms with Crippen LogP contribution in [0.2, 0.25) is 0 Å². The summed E-state index contributed by atoms with van der Waals surface area (Å²) in [6, 6.07) is 5.07. The number of likely N-dealkylation sites (tertiary alicyclic amines) is 1. The number of ether oxygens (including phenoxy) is 2. The summed E-state index contributed by atoms with van der Waals surface area (Å²) in [5, 5.41) is 9.28. The maximum Gasteiger partial charge on any atom is 0.339 e. The molecule has 0 bridgehead atoms. The highest BCUT2D eigenvalue weighted by Crippen LogP contribution is 2.42. The number of carboxylic acid groups (broad SMARTS) is 1. The van der Waals surface area contributed by atoms with Crippen LogP contribution in [0.25, 0.3) is 0 Å². The van der Waals surface area contributed by atoms with Crippen LogP contribution >= 0.6 is 0 Å². The van der Waals surface area contributed by atoms with Crippen molar-refractivity contribution in [2.45, 2.75) is 45.1 Å². The Hall–Kier alpha value is -1.75. The molecule has 2 heterocycles. The Labute approximate surface area is 143 Å². The summed E-state index contributed by atoms with van der Waals surface area (Å²) in [5.74, 6) is 0.361. The molecular formula is C19H27NO4. The van der Waals surface area contributed by atoms with E-state index in [1.54, 1.807) is 18.2 Å². The van der Waals surface area contributed by atoms with Crippen LogP contribution in [-0.4, -0.2) is 47.8 Å². The minimum atomic E-state index is -0.983. The van der Waals surface area contributed by atoms with Gasteiger partial charge in [0.1, 0.15) is 17.8 Å². The van der Waals surface area contributed by atoms with Gasteiger partial charge in [-0.15, -0.1) is 0 Å². The highest BCUT2D eigenvalue weighted by Gasteiger charge is 2.42. The van der Waals surface area contributed by atoms with Gasteiger partial charge in [-0.05, 0) is 58.0 Å². The number of hydrogen-bond donors (Lipinski definition) is 1. The Bertz CT molecular complexity index is 595. The fraction of sp³-hybridized carbons (Fsp3) is 0.632. The normalized spacial score (nSPS) is 24.8. The molecule has 1 aromatic carbocycles. The molecule has 1 aromatic rings. The van der Waals surface area contributed by atoms with Crippen LogP contribution < -0.4 is 9.47 Å².